The lowest BCUT2D eigenvalue weighted by Crippen LogP contribution is -2.21. The van der Waals surface area contributed by atoms with Crippen LogP contribution in [-0.2, 0) is 0 Å². The lowest BCUT2D eigenvalue weighted by molar-refractivity contribution is 0.316. The third-order valence-corrected chi connectivity index (χ3v) is 3.93. The molecule has 21 heavy (non-hydrogen) atoms. The van der Waals surface area contributed by atoms with E-state index in [-0.39, 0.29) is 11.9 Å². The van der Waals surface area contributed by atoms with Crippen LogP contribution in [0.4, 0.5) is 5.69 Å². The fourth-order valence-electron chi connectivity index (χ4n) is 1.98. The van der Waals surface area contributed by atoms with Crippen molar-refractivity contribution in [1.82, 2.24) is 0 Å². The Kier molecular flexibility index (Phi) is 5.47. The number of nitrogens with two attached hydrogens (primary N) is 1. The van der Waals surface area contributed by atoms with Crippen molar-refractivity contribution in [1.29, 1.82) is 0 Å². The van der Waals surface area contributed by atoms with Crippen LogP contribution in [0, 0.1) is 0 Å². The van der Waals surface area contributed by atoms with Crippen LogP contribution < -0.4 is 11.1 Å². The number of nitrogens with one attached hydrogen (secondary N) is 1. The van der Waals surface area contributed by atoms with E-state index in [4.69, 9.17) is 22.5 Å². The Morgan fingerprint density at radius 1 is 1.29 bits per heavy atom. The molecule has 2 aromatic carbocycles. The second-order valence-electron chi connectivity index (χ2n) is 4.53. The van der Waals surface area contributed by atoms with Gasteiger partial charge >= 0.3 is 0 Å². The SMILES string of the molecule is N/C(CC(Nc1cc(Cl)ccc1Br)c1ccccc1)=N/O. The molecule has 0 aromatic heterocycles. The minimum absolute atomic E-state index is 0.128. The number of hydrogen-bond acceptors (Lipinski definition) is 3. The maximum absolute atomic E-state index is 8.80. The lowest BCUT2D eigenvalue weighted by Gasteiger charge is -2.21. The first-order chi connectivity index (χ1) is 10.1. The minimum Gasteiger partial charge on any atom is -0.409 e. The highest BCUT2D eigenvalue weighted by molar-refractivity contribution is 9.10. The van der Waals surface area contributed by atoms with E-state index in [1.807, 2.05) is 42.5 Å². The van der Waals surface area contributed by atoms with Crippen molar-refractivity contribution in [3.05, 3.63) is 63.6 Å². The van der Waals surface area contributed by atoms with E-state index in [1.54, 1.807) is 6.07 Å². The van der Waals surface area contributed by atoms with Crippen molar-refractivity contribution >= 4 is 39.1 Å². The summed E-state index contributed by atoms with van der Waals surface area (Å²) < 4.78 is 0.896. The summed E-state index contributed by atoms with van der Waals surface area (Å²) >= 11 is 9.51. The molecule has 1 unspecified atom stereocenters. The van der Waals surface area contributed by atoms with Gasteiger partial charge in [0.25, 0.3) is 0 Å². The van der Waals surface area contributed by atoms with Crippen LogP contribution in [-0.4, -0.2) is 11.0 Å². The highest BCUT2D eigenvalue weighted by atomic mass is 79.9. The fraction of sp³-hybridized carbons (Fsp3) is 0.133. The molecular formula is C15H15BrClN3O. The molecule has 4 N–H and O–H groups in total. The summed E-state index contributed by atoms with van der Waals surface area (Å²) in [5.74, 6) is 0.162. The largest absolute Gasteiger partial charge is 0.409 e. The topological polar surface area (TPSA) is 70.6 Å². The average molecular weight is 369 g/mol. The Morgan fingerprint density at radius 2 is 2.00 bits per heavy atom. The molecule has 2 aromatic rings. The second kappa shape index (κ2) is 7.33. The van der Waals surface area contributed by atoms with Crippen molar-refractivity contribution < 1.29 is 5.21 Å². The van der Waals surface area contributed by atoms with E-state index >= 15 is 0 Å². The average Bonchev–Trinajstić information content (AvgIpc) is 2.51. The summed E-state index contributed by atoms with van der Waals surface area (Å²) in [7, 11) is 0. The first-order valence-electron chi connectivity index (χ1n) is 6.33. The molecule has 0 bridgehead atoms. The summed E-state index contributed by atoms with van der Waals surface area (Å²) in [5.41, 5.74) is 7.54. The van der Waals surface area contributed by atoms with Crippen molar-refractivity contribution in [3.8, 4) is 0 Å². The van der Waals surface area contributed by atoms with Crippen LogP contribution in [0.3, 0.4) is 0 Å². The van der Waals surface area contributed by atoms with Crippen LogP contribution in [0.1, 0.15) is 18.0 Å². The molecule has 4 nitrogen and oxygen atoms in total. The zero-order valence-electron chi connectivity index (χ0n) is 11.1. The predicted octanol–water partition coefficient (Wildman–Crippen LogP) is 4.39. The predicted molar refractivity (Wildman–Crippen MR) is 90.0 cm³/mol. The van der Waals surface area contributed by atoms with Crippen LogP contribution in [0.2, 0.25) is 5.02 Å². The summed E-state index contributed by atoms with van der Waals surface area (Å²) in [5, 5.41) is 15.9. The van der Waals surface area contributed by atoms with Gasteiger partial charge in [-0.3, -0.25) is 0 Å². The van der Waals surface area contributed by atoms with Crippen molar-refractivity contribution in [2.24, 2.45) is 10.9 Å². The molecule has 2 rings (SSSR count). The normalized spacial score (nSPS) is 13.0. The van der Waals surface area contributed by atoms with Crippen molar-refractivity contribution in [3.63, 3.8) is 0 Å². The number of halogens is 2. The fourth-order valence-corrected chi connectivity index (χ4v) is 2.52. The van der Waals surface area contributed by atoms with Gasteiger partial charge in [0.05, 0.1) is 11.7 Å². The van der Waals surface area contributed by atoms with E-state index in [0.29, 0.717) is 11.4 Å². The van der Waals surface area contributed by atoms with E-state index < -0.39 is 0 Å². The number of nitrogens with zero attached hydrogens (tertiary/aromatic N) is 1. The Balaban J connectivity index is 2.29. The molecule has 0 saturated heterocycles. The van der Waals surface area contributed by atoms with Crippen LogP contribution in [0.15, 0.2) is 58.2 Å². The first-order valence-corrected chi connectivity index (χ1v) is 7.50. The number of anilines is 1. The molecule has 0 aliphatic rings. The standard InChI is InChI=1S/C15H15BrClN3O/c16-12-7-6-11(17)8-14(12)19-13(9-15(18)20-21)10-4-2-1-3-5-10/h1-8,13,19,21H,9H2,(H2,18,20). The smallest absolute Gasteiger partial charge is 0.141 e. The summed E-state index contributed by atoms with van der Waals surface area (Å²) in [4.78, 5) is 0. The van der Waals surface area contributed by atoms with Gasteiger partial charge in [-0.25, -0.2) is 0 Å². The third kappa shape index (κ3) is 4.37. The van der Waals surface area contributed by atoms with Crippen LogP contribution >= 0.6 is 27.5 Å². The molecule has 0 spiro atoms. The van der Waals surface area contributed by atoms with E-state index in [0.717, 1.165) is 15.7 Å². The van der Waals surface area contributed by atoms with E-state index in [2.05, 4.69) is 26.4 Å². The third-order valence-electron chi connectivity index (χ3n) is 3.00. The molecular weight excluding hydrogens is 354 g/mol. The summed E-state index contributed by atoms with van der Waals surface area (Å²) in [6.07, 6.45) is 0.374. The van der Waals surface area contributed by atoms with E-state index in [9.17, 15) is 0 Å². The van der Waals surface area contributed by atoms with Gasteiger partial charge < -0.3 is 16.3 Å². The quantitative estimate of drug-likeness (QED) is 0.317. The molecule has 6 heteroatoms. The van der Waals surface area contributed by atoms with Gasteiger partial charge in [-0.1, -0.05) is 47.1 Å². The monoisotopic (exact) mass is 367 g/mol. The molecule has 110 valence electrons. The number of hydrogen-bond donors (Lipinski definition) is 3. The van der Waals surface area contributed by atoms with Gasteiger partial charge in [-0.15, -0.1) is 0 Å². The van der Waals surface area contributed by atoms with Crippen LogP contribution in [0.25, 0.3) is 0 Å². The van der Waals surface area contributed by atoms with Gasteiger partial charge in [0.15, 0.2) is 0 Å². The molecule has 0 radical (unpaired) electrons. The van der Waals surface area contributed by atoms with E-state index in [1.165, 1.54) is 0 Å². The summed E-state index contributed by atoms with van der Waals surface area (Å²) in [6, 6.07) is 15.2. The lowest BCUT2D eigenvalue weighted by atomic mass is 10.0. The van der Waals surface area contributed by atoms with Gasteiger partial charge in [0, 0.05) is 15.9 Å². The number of oxime groups is 1. The maximum atomic E-state index is 8.80. The molecule has 0 heterocycles. The molecule has 0 aliphatic heterocycles. The van der Waals surface area contributed by atoms with Gasteiger partial charge in [-0.2, -0.15) is 0 Å². The molecule has 0 aliphatic carbocycles. The Bertz CT molecular complexity index is 634. The molecule has 1 atom stereocenters. The summed E-state index contributed by atoms with van der Waals surface area (Å²) in [6.45, 7) is 0. The number of rotatable bonds is 5. The Hall–Kier alpha value is -1.72. The van der Waals surface area contributed by atoms with Gasteiger partial charge in [-0.05, 0) is 39.7 Å². The Morgan fingerprint density at radius 3 is 2.67 bits per heavy atom. The molecule has 0 fully saturated rings. The highest BCUT2D eigenvalue weighted by Crippen LogP contribution is 2.30. The van der Waals surface area contributed by atoms with Gasteiger partial charge in [0.2, 0.25) is 0 Å². The number of amidine groups is 1. The first kappa shape index (κ1) is 15.7. The zero-order valence-corrected chi connectivity index (χ0v) is 13.5. The molecule has 0 saturated carbocycles. The van der Waals surface area contributed by atoms with Crippen LogP contribution in [0.5, 0.6) is 0 Å². The maximum Gasteiger partial charge on any atom is 0.141 e. The minimum atomic E-state index is -0.128. The zero-order chi connectivity index (χ0) is 15.2. The molecule has 0 amide bonds. The second-order valence-corrected chi connectivity index (χ2v) is 5.82. The van der Waals surface area contributed by atoms with Crippen molar-refractivity contribution in [2.75, 3.05) is 5.32 Å². The van der Waals surface area contributed by atoms with Gasteiger partial charge in [0.1, 0.15) is 5.84 Å². The Labute approximate surface area is 136 Å². The highest BCUT2D eigenvalue weighted by Gasteiger charge is 2.15. The van der Waals surface area contributed by atoms with Crippen molar-refractivity contribution in [2.45, 2.75) is 12.5 Å². The number of benzene rings is 2.